The van der Waals surface area contributed by atoms with Crippen LogP contribution in [0.1, 0.15) is 32.9 Å². The summed E-state index contributed by atoms with van der Waals surface area (Å²) in [6, 6.07) is 15.2. The van der Waals surface area contributed by atoms with E-state index in [0.717, 1.165) is 0 Å². The smallest absolute Gasteiger partial charge is 0.264 e. The minimum Gasteiger partial charge on any atom is -0.445 e. The molecule has 5 rings (SSSR count). The molecule has 0 saturated heterocycles. The number of carbonyl (C=O) groups is 1. The molecule has 0 aliphatic carbocycles. The molecule has 0 aliphatic rings. The zero-order chi connectivity index (χ0) is 29.3. The van der Waals surface area contributed by atoms with Crippen molar-refractivity contribution in [1.29, 1.82) is 0 Å². The predicted molar refractivity (Wildman–Crippen MR) is 154 cm³/mol. The van der Waals surface area contributed by atoms with E-state index in [-0.39, 0.29) is 28.4 Å². The standard InChI is InChI=1S/C29H26ClN5O5S/c1-17-13-21(15-26(30)32-17)29(36)35(4)16-22-14-20(28-31-11-12-39-28)9-10-23(22)24-7-5-6-8-25(24)41(37,38)34-27-18(2)19(3)33-40-27/h5-15,34H,16H2,1-4H3. The molecule has 1 amide bonds. The Morgan fingerprint density at radius 2 is 1.83 bits per heavy atom. The van der Waals surface area contributed by atoms with Crippen molar-refractivity contribution in [3.8, 4) is 22.6 Å². The Hall–Kier alpha value is -4.48. The predicted octanol–water partition coefficient (Wildman–Crippen LogP) is 6.04. The lowest BCUT2D eigenvalue weighted by atomic mass is 9.96. The number of hydrogen-bond acceptors (Lipinski definition) is 8. The molecule has 0 saturated carbocycles. The lowest BCUT2D eigenvalue weighted by molar-refractivity contribution is 0.0785. The van der Waals surface area contributed by atoms with Gasteiger partial charge in [-0.25, -0.2) is 23.1 Å². The fraction of sp³-hybridized carbons (Fsp3) is 0.172. The summed E-state index contributed by atoms with van der Waals surface area (Å²) < 4.78 is 40.4. The van der Waals surface area contributed by atoms with E-state index in [9.17, 15) is 13.2 Å². The van der Waals surface area contributed by atoms with Crippen LogP contribution in [0, 0.1) is 20.8 Å². The van der Waals surface area contributed by atoms with Gasteiger partial charge in [0.25, 0.3) is 15.9 Å². The Bertz CT molecular complexity index is 1830. The van der Waals surface area contributed by atoms with E-state index in [1.807, 2.05) is 6.07 Å². The first-order valence-corrected chi connectivity index (χ1v) is 14.4. The largest absolute Gasteiger partial charge is 0.445 e. The second-order valence-electron chi connectivity index (χ2n) is 9.51. The first-order chi connectivity index (χ1) is 19.5. The zero-order valence-corrected chi connectivity index (χ0v) is 24.2. The number of nitrogens with one attached hydrogen (secondary N) is 1. The first kappa shape index (κ1) is 28.1. The average Bonchev–Trinajstić information content (AvgIpc) is 3.58. The van der Waals surface area contributed by atoms with Crippen LogP contribution in [0.4, 0.5) is 5.88 Å². The first-order valence-electron chi connectivity index (χ1n) is 12.5. The van der Waals surface area contributed by atoms with Crippen LogP contribution in [0.15, 0.2) is 80.9 Å². The van der Waals surface area contributed by atoms with Crippen molar-refractivity contribution in [3.63, 3.8) is 0 Å². The highest BCUT2D eigenvalue weighted by molar-refractivity contribution is 7.92. The van der Waals surface area contributed by atoms with Crippen LogP contribution in [0.3, 0.4) is 0 Å². The molecule has 0 spiro atoms. The van der Waals surface area contributed by atoms with Gasteiger partial charge >= 0.3 is 0 Å². The molecular formula is C29H26ClN5O5S. The third kappa shape index (κ3) is 5.86. The van der Waals surface area contributed by atoms with E-state index in [1.54, 1.807) is 64.2 Å². The summed E-state index contributed by atoms with van der Waals surface area (Å²) >= 11 is 6.10. The number of aryl methyl sites for hydroxylation is 2. The summed E-state index contributed by atoms with van der Waals surface area (Å²) in [5, 5.41) is 4.06. The molecule has 1 N–H and O–H groups in total. The van der Waals surface area contributed by atoms with Crippen LogP contribution in [-0.4, -0.2) is 41.4 Å². The van der Waals surface area contributed by atoms with Crippen molar-refractivity contribution < 1.29 is 22.2 Å². The Kier molecular flexibility index (Phi) is 7.65. The number of hydrogen-bond donors (Lipinski definition) is 1. The molecule has 0 bridgehead atoms. The molecular weight excluding hydrogens is 566 g/mol. The monoisotopic (exact) mass is 591 g/mol. The van der Waals surface area contributed by atoms with Crippen molar-refractivity contribution >= 4 is 33.4 Å². The molecule has 3 aromatic heterocycles. The Morgan fingerprint density at radius 1 is 1.05 bits per heavy atom. The third-order valence-electron chi connectivity index (χ3n) is 6.56. The summed E-state index contributed by atoms with van der Waals surface area (Å²) in [7, 11) is -2.43. The minimum absolute atomic E-state index is 0.0316. The second kappa shape index (κ2) is 11.2. The van der Waals surface area contributed by atoms with Gasteiger partial charge < -0.3 is 13.8 Å². The number of anilines is 1. The fourth-order valence-electron chi connectivity index (χ4n) is 4.40. The Labute approximate surface area is 242 Å². The molecule has 0 radical (unpaired) electrons. The van der Waals surface area contributed by atoms with Gasteiger partial charge in [0, 0.05) is 41.5 Å². The van der Waals surface area contributed by atoms with Gasteiger partial charge in [0.1, 0.15) is 11.4 Å². The molecule has 0 fully saturated rings. The van der Waals surface area contributed by atoms with Crippen LogP contribution in [-0.2, 0) is 16.6 Å². The van der Waals surface area contributed by atoms with Crippen LogP contribution in [0.25, 0.3) is 22.6 Å². The van der Waals surface area contributed by atoms with E-state index in [0.29, 0.717) is 50.7 Å². The number of amides is 1. The molecule has 2 aromatic carbocycles. The van der Waals surface area contributed by atoms with Gasteiger partial charge in [-0.3, -0.25) is 4.79 Å². The second-order valence-corrected chi connectivity index (χ2v) is 11.6. The van der Waals surface area contributed by atoms with E-state index in [1.165, 1.54) is 29.5 Å². The van der Waals surface area contributed by atoms with Gasteiger partial charge in [-0.15, -0.1) is 0 Å². The Morgan fingerprint density at radius 3 is 2.51 bits per heavy atom. The van der Waals surface area contributed by atoms with Crippen molar-refractivity contribution in [2.75, 3.05) is 11.8 Å². The summed E-state index contributed by atoms with van der Waals surface area (Å²) in [5.41, 5.74) is 4.56. The number of pyridine rings is 1. The maximum atomic E-state index is 13.6. The maximum Gasteiger partial charge on any atom is 0.264 e. The van der Waals surface area contributed by atoms with Crippen LogP contribution in [0.2, 0.25) is 5.15 Å². The van der Waals surface area contributed by atoms with Crippen molar-refractivity contribution in [2.45, 2.75) is 32.2 Å². The van der Waals surface area contributed by atoms with Gasteiger partial charge in [0.2, 0.25) is 11.8 Å². The Balaban J connectivity index is 1.58. The normalized spacial score (nSPS) is 11.4. The molecule has 210 valence electrons. The van der Waals surface area contributed by atoms with E-state index < -0.39 is 10.0 Å². The highest BCUT2D eigenvalue weighted by Crippen LogP contribution is 2.35. The third-order valence-corrected chi connectivity index (χ3v) is 8.14. The molecule has 0 aliphatic heterocycles. The van der Waals surface area contributed by atoms with Crippen molar-refractivity contribution in [1.82, 2.24) is 20.0 Å². The van der Waals surface area contributed by atoms with E-state index >= 15 is 0 Å². The number of carbonyl (C=O) groups excluding carboxylic acids is 1. The van der Waals surface area contributed by atoms with Gasteiger partial charge in [0.15, 0.2) is 0 Å². The van der Waals surface area contributed by atoms with Crippen LogP contribution in [0.5, 0.6) is 0 Å². The SMILES string of the molecule is Cc1cc(C(=O)N(C)Cc2cc(-c3ncco3)ccc2-c2ccccc2S(=O)(=O)Nc2onc(C)c2C)cc(Cl)n1. The number of sulfonamides is 1. The summed E-state index contributed by atoms with van der Waals surface area (Å²) in [6.45, 7) is 5.35. The lowest BCUT2D eigenvalue weighted by Gasteiger charge is -2.21. The van der Waals surface area contributed by atoms with Crippen LogP contribution < -0.4 is 4.72 Å². The van der Waals surface area contributed by atoms with Gasteiger partial charge in [-0.1, -0.05) is 41.0 Å². The quantitative estimate of drug-likeness (QED) is 0.216. The lowest BCUT2D eigenvalue weighted by Crippen LogP contribution is -2.26. The molecule has 5 aromatic rings. The van der Waals surface area contributed by atoms with Gasteiger partial charge in [0.05, 0.1) is 16.8 Å². The summed E-state index contributed by atoms with van der Waals surface area (Å²) in [4.78, 5) is 23.3. The number of nitrogens with zero attached hydrogens (tertiary/aromatic N) is 4. The molecule has 10 nitrogen and oxygen atoms in total. The number of oxazole rings is 1. The van der Waals surface area contributed by atoms with E-state index in [4.69, 9.17) is 20.5 Å². The van der Waals surface area contributed by atoms with Gasteiger partial charge in [-0.05, 0) is 62.2 Å². The molecule has 41 heavy (non-hydrogen) atoms. The molecule has 0 unspecified atom stereocenters. The van der Waals surface area contributed by atoms with E-state index in [2.05, 4.69) is 19.8 Å². The van der Waals surface area contributed by atoms with Gasteiger partial charge in [-0.2, -0.15) is 0 Å². The number of benzene rings is 2. The number of aromatic nitrogens is 3. The fourth-order valence-corrected chi connectivity index (χ4v) is 5.92. The van der Waals surface area contributed by atoms with Crippen LogP contribution >= 0.6 is 11.6 Å². The highest BCUT2D eigenvalue weighted by atomic mass is 35.5. The maximum absolute atomic E-state index is 13.6. The zero-order valence-electron chi connectivity index (χ0n) is 22.7. The van der Waals surface area contributed by atoms with Crippen molar-refractivity contribution in [3.05, 3.63) is 100 Å². The highest BCUT2D eigenvalue weighted by Gasteiger charge is 2.25. The minimum atomic E-state index is -4.09. The topological polar surface area (TPSA) is 131 Å². The number of rotatable bonds is 8. The summed E-state index contributed by atoms with van der Waals surface area (Å²) in [5.74, 6) is 0.166. The average molecular weight is 592 g/mol. The molecule has 12 heteroatoms. The number of halogens is 1. The summed E-state index contributed by atoms with van der Waals surface area (Å²) in [6.07, 6.45) is 3.00. The molecule has 3 heterocycles. The van der Waals surface area contributed by atoms with Crippen molar-refractivity contribution in [2.24, 2.45) is 0 Å². The molecule has 0 atom stereocenters.